The first-order valence-corrected chi connectivity index (χ1v) is 9.31. The van der Waals surface area contributed by atoms with Crippen LogP contribution in [0.3, 0.4) is 0 Å². The Kier molecular flexibility index (Phi) is 8.15. The first-order chi connectivity index (χ1) is 10.7. The molecule has 1 saturated heterocycles. The van der Waals surface area contributed by atoms with Crippen molar-refractivity contribution in [3.05, 3.63) is 0 Å². The quantitative estimate of drug-likeness (QED) is 0.688. The molecule has 1 aliphatic carbocycles. The molecule has 0 radical (unpaired) electrons. The average Bonchev–Trinajstić information content (AvgIpc) is 2.55. The van der Waals surface area contributed by atoms with Crippen molar-refractivity contribution >= 4 is 0 Å². The van der Waals surface area contributed by atoms with E-state index in [1.54, 1.807) is 7.11 Å². The molecule has 0 unspecified atom stereocenters. The van der Waals surface area contributed by atoms with Crippen LogP contribution in [0.2, 0.25) is 0 Å². The molecule has 0 N–H and O–H groups in total. The Labute approximate surface area is 137 Å². The van der Waals surface area contributed by atoms with E-state index in [0.29, 0.717) is 12.1 Å². The molecule has 4 nitrogen and oxygen atoms in total. The third-order valence-electron chi connectivity index (χ3n) is 5.51. The third kappa shape index (κ3) is 5.48. The number of hydrogen-bond donors (Lipinski definition) is 0. The van der Waals surface area contributed by atoms with Gasteiger partial charge in [-0.2, -0.15) is 0 Å². The summed E-state index contributed by atoms with van der Waals surface area (Å²) < 4.78 is 11.4. The summed E-state index contributed by atoms with van der Waals surface area (Å²) in [6.07, 6.45) is 7.09. The Morgan fingerprint density at radius 1 is 1.05 bits per heavy atom. The van der Waals surface area contributed by atoms with Crippen molar-refractivity contribution < 1.29 is 9.47 Å². The minimum Gasteiger partial charge on any atom is -0.383 e. The van der Waals surface area contributed by atoms with Crippen LogP contribution in [-0.2, 0) is 9.47 Å². The second-order valence-electron chi connectivity index (χ2n) is 7.06. The lowest BCUT2D eigenvalue weighted by Crippen LogP contribution is -2.54. The third-order valence-corrected chi connectivity index (χ3v) is 5.51. The van der Waals surface area contributed by atoms with Crippen molar-refractivity contribution in [2.24, 2.45) is 5.92 Å². The van der Waals surface area contributed by atoms with Gasteiger partial charge in [0.15, 0.2) is 0 Å². The van der Waals surface area contributed by atoms with E-state index in [-0.39, 0.29) is 0 Å². The maximum absolute atomic E-state index is 6.18. The van der Waals surface area contributed by atoms with Gasteiger partial charge in [0.25, 0.3) is 0 Å². The van der Waals surface area contributed by atoms with Crippen molar-refractivity contribution in [2.75, 3.05) is 53.0 Å². The van der Waals surface area contributed by atoms with Crippen molar-refractivity contribution in [3.8, 4) is 0 Å². The topological polar surface area (TPSA) is 24.9 Å². The fraction of sp³-hybridized carbons (Fsp3) is 1.00. The van der Waals surface area contributed by atoms with Crippen LogP contribution in [0, 0.1) is 5.92 Å². The largest absolute Gasteiger partial charge is 0.383 e. The number of ether oxygens (including phenoxy) is 2. The maximum Gasteiger partial charge on any atom is 0.0601 e. The van der Waals surface area contributed by atoms with Gasteiger partial charge < -0.3 is 9.47 Å². The van der Waals surface area contributed by atoms with E-state index in [0.717, 1.165) is 32.2 Å². The first kappa shape index (κ1) is 18.2. The predicted molar refractivity (Wildman–Crippen MR) is 91.3 cm³/mol. The molecular formula is C18H36N2O2. The summed E-state index contributed by atoms with van der Waals surface area (Å²) >= 11 is 0. The lowest BCUT2D eigenvalue weighted by atomic mass is 9.88. The smallest absolute Gasteiger partial charge is 0.0601 e. The Hall–Kier alpha value is -0.160. The summed E-state index contributed by atoms with van der Waals surface area (Å²) in [5.74, 6) is 0.753. The average molecular weight is 312 g/mol. The Balaban J connectivity index is 1.66. The second-order valence-corrected chi connectivity index (χ2v) is 7.06. The van der Waals surface area contributed by atoms with Crippen LogP contribution >= 0.6 is 0 Å². The SMILES string of the molecule is CC[C@@H]1CN(CCO[C@H]2CCCC[C@H]2C)CCN1CCOC. The monoisotopic (exact) mass is 312 g/mol. The summed E-state index contributed by atoms with van der Waals surface area (Å²) in [5, 5.41) is 0. The highest BCUT2D eigenvalue weighted by Crippen LogP contribution is 2.26. The molecule has 0 bridgehead atoms. The van der Waals surface area contributed by atoms with Gasteiger partial charge in [0, 0.05) is 45.9 Å². The summed E-state index contributed by atoms with van der Waals surface area (Å²) in [7, 11) is 1.79. The Morgan fingerprint density at radius 2 is 1.86 bits per heavy atom. The lowest BCUT2D eigenvalue weighted by molar-refractivity contribution is -0.0242. The van der Waals surface area contributed by atoms with Crippen molar-refractivity contribution in [2.45, 2.75) is 58.1 Å². The summed E-state index contributed by atoms with van der Waals surface area (Å²) in [5.41, 5.74) is 0. The van der Waals surface area contributed by atoms with E-state index >= 15 is 0 Å². The van der Waals surface area contributed by atoms with Crippen LogP contribution < -0.4 is 0 Å². The molecule has 0 spiro atoms. The molecule has 0 aromatic carbocycles. The van der Waals surface area contributed by atoms with Gasteiger partial charge in [-0.15, -0.1) is 0 Å². The second kappa shape index (κ2) is 9.86. The van der Waals surface area contributed by atoms with Crippen molar-refractivity contribution in [1.29, 1.82) is 0 Å². The normalized spacial score (nSPS) is 31.5. The minimum atomic E-state index is 0.513. The van der Waals surface area contributed by atoms with E-state index in [2.05, 4.69) is 23.6 Å². The molecule has 1 aliphatic heterocycles. The van der Waals surface area contributed by atoms with E-state index in [1.165, 1.54) is 51.7 Å². The lowest BCUT2D eigenvalue weighted by Gasteiger charge is -2.41. The van der Waals surface area contributed by atoms with Gasteiger partial charge in [-0.3, -0.25) is 9.80 Å². The van der Waals surface area contributed by atoms with Gasteiger partial charge in [0.05, 0.1) is 19.3 Å². The molecule has 2 rings (SSSR count). The van der Waals surface area contributed by atoms with Crippen LogP contribution in [0.4, 0.5) is 0 Å². The molecule has 1 saturated carbocycles. The van der Waals surface area contributed by atoms with Gasteiger partial charge >= 0.3 is 0 Å². The molecule has 0 aromatic rings. The number of methoxy groups -OCH3 is 1. The zero-order chi connectivity index (χ0) is 15.8. The highest BCUT2D eigenvalue weighted by Gasteiger charge is 2.26. The van der Waals surface area contributed by atoms with Crippen LogP contribution in [0.1, 0.15) is 46.0 Å². The first-order valence-electron chi connectivity index (χ1n) is 9.31. The zero-order valence-electron chi connectivity index (χ0n) is 14.9. The fourth-order valence-corrected chi connectivity index (χ4v) is 3.91. The molecule has 2 aliphatic rings. The highest BCUT2D eigenvalue weighted by atomic mass is 16.5. The van der Waals surface area contributed by atoms with Crippen molar-refractivity contribution in [3.63, 3.8) is 0 Å². The highest BCUT2D eigenvalue weighted by molar-refractivity contribution is 4.81. The molecular weight excluding hydrogens is 276 g/mol. The van der Waals surface area contributed by atoms with E-state index in [4.69, 9.17) is 9.47 Å². The molecule has 130 valence electrons. The molecule has 2 fully saturated rings. The fourth-order valence-electron chi connectivity index (χ4n) is 3.91. The molecule has 1 heterocycles. The van der Waals surface area contributed by atoms with Crippen LogP contribution in [0.15, 0.2) is 0 Å². The summed E-state index contributed by atoms with van der Waals surface area (Å²) in [6, 6.07) is 0.678. The number of nitrogens with zero attached hydrogens (tertiary/aromatic N) is 2. The molecule has 0 amide bonds. The van der Waals surface area contributed by atoms with Gasteiger partial charge in [0.2, 0.25) is 0 Å². The number of hydrogen-bond acceptors (Lipinski definition) is 4. The summed E-state index contributed by atoms with van der Waals surface area (Å²) in [6.45, 7) is 12.1. The number of piperazine rings is 1. The van der Waals surface area contributed by atoms with E-state index in [9.17, 15) is 0 Å². The van der Waals surface area contributed by atoms with E-state index in [1.807, 2.05) is 0 Å². The van der Waals surface area contributed by atoms with Gasteiger partial charge in [-0.25, -0.2) is 0 Å². The van der Waals surface area contributed by atoms with Crippen LogP contribution in [0.5, 0.6) is 0 Å². The zero-order valence-corrected chi connectivity index (χ0v) is 14.9. The van der Waals surface area contributed by atoms with Crippen molar-refractivity contribution in [1.82, 2.24) is 9.80 Å². The molecule has 4 heteroatoms. The minimum absolute atomic E-state index is 0.513. The van der Waals surface area contributed by atoms with Crippen LogP contribution in [-0.4, -0.2) is 75.0 Å². The van der Waals surface area contributed by atoms with Gasteiger partial charge in [-0.05, 0) is 25.2 Å². The van der Waals surface area contributed by atoms with Gasteiger partial charge in [0.1, 0.15) is 0 Å². The maximum atomic E-state index is 6.18. The van der Waals surface area contributed by atoms with Crippen LogP contribution in [0.25, 0.3) is 0 Å². The molecule has 0 aromatic heterocycles. The Morgan fingerprint density at radius 3 is 2.59 bits per heavy atom. The molecule has 22 heavy (non-hydrogen) atoms. The summed E-state index contributed by atoms with van der Waals surface area (Å²) in [4.78, 5) is 5.18. The van der Waals surface area contributed by atoms with E-state index < -0.39 is 0 Å². The predicted octanol–water partition coefficient (Wildman–Crippen LogP) is 2.62. The van der Waals surface area contributed by atoms with Gasteiger partial charge in [-0.1, -0.05) is 26.7 Å². The molecule has 3 atom stereocenters. The number of rotatable bonds is 8. The standard InChI is InChI=1S/C18H36N2O2/c1-4-17-15-19(9-10-20(17)12-13-21-3)11-14-22-18-8-6-5-7-16(18)2/h16-18H,4-15H2,1-3H3/t16-,17-,18+/m1/s1. The Bertz CT molecular complexity index is 301.